The maximum atomic E-state index is 12.3. The highest BCUT2D eigenvalue weighted by Crippen LogP contribution is 2.25. The Morgan fingerprint density at radius 2 is 2.00 bits per heavy atom. The summed E-state index contributed by atoms with van der Waals surface area (Å²) in [6, 6.07) is 11.4. The molecule has 21 heavy (non-hydrogen) atoms. The van der Waals surface area contributed by atoms with Gasteiger partial charge in [-0.1, -0.05) is 15.9 Å². The number of nitrogens with zero attached hydrogens (tertiary/aromatic N) is 1. The molecular weight excluding hydrogens is 348 g/mol. The average molecular weight is 361 g/mol. The van der Waals surface area contributed by atoms with Gasteiger partial charge in [0.1, 0.15) is 0 Å². The van der Waals surface area contributed by atoms with Crippen molar-refractivity contribution in [2.24, 2.45) is 0 Å². The molecule has 5 heteroatoms. The minimum atomic E-state index is -0.114. The smallest absolute Gasteiger partial charge is 0.255 e. The number of carbonyl (C=O) groups is 1. The van der Waals surface area contributed by atoms with Crippen LogP contribution < -0.4 is 5.32 Å². The summed E-state index contributed by atoms with van der Waals surface area (Å²) in [4.78, 5) is 16.7. The van der Waals surface area contributed by atoms with E-state index in [0.717, 1.165) is 30.9 Å². The van der Waals surface area contributed by atoms with Crippen molar-refractivity contribution in [2.45, 2.75) is 13.8 Å². The normalized spacial score (nSPS) is 10.8. The third-order valence-electron chi connectivity index (χ3n) is 3.17. The van der Waals surface area contributed by atoms with Crippen LogP contribution in [0.15, 0.2) is 40.9 Å². The average Bonchev–Trinajstić information content (AvgIpc) is 2.81. The third kappa shape index (κ3) is 2.99. The number of amides is 1. The third-order valence-corrected chi connectivity index (χ3v) is 5.01. The van der Waals surface area contributed by atoms with Gasteiger partial charge in [0.2, 0.25) is 0 Å². The molecular formula is C16H13BrN2OS. The Hall–Kier alpha value is -1.72. The Labute approximate surface area is 135 Å². The van der Waals surface area contributed by atoms with Gasteiger partial charge < -0.3 is 5.32 Å². The van der Waals surface area contributed by atoms with Crippen LogP contribution in [0.1, 0.15) is 20.9 Å². The number of aryl methyl sites for hydroxylation is 2. The van der Waals surface area contributed by atoms with Gasteiger partial charge in [0.15, 0.2) is 0 Å². The SMILES string of the molecule is Cc1nc2cc(NC(=O)c3ccc(Br)c(C)c3)ccc2s1. The van der Waals surface area contributed by atoms with E-state index in [4.69, 9.17) is 0 Å². The summed E-state index contributed by atoms with van der Waals surface area (Å²) in [7, 11) is 0. The number of aromatic nitrogens is 1. The molecule has 1 N–H and O–H groups in total. The predicted octanol–water partition coefficient (Wildman–Crippen LogP) is 4.93. The van der Waals surface area contributed by atoms with Crippen molar-refractivity contribution in [2.75, 3.05) is 5.32 Å². The maximum Gasteiger partial charge on any atom is 0.255 e. The number of carbonyl (C=O) groups excluding carboxylic acids is 1. The minimum Gasteiger partial charge on any atom is -0.322 e. The lowest BCUT2D eigenvalue weighted by Gasteiger charge is -2.06. The second-order valence-electron chi connectivity index (χ2n) is 4.83. The van der Waals surface area contributed by atoms with Crippen molar-refractivity contribution in [3.63, 3.8) is 0 Å². The molecule has 0 unspecified atom stereocenters. The summed E-state index contributed by atoms with van der Waals surface area (Å²) in [5.74, 6) is -0.114. The predicted molar refractivity (Wildman–Crippen MR) is 91.2 cm³/mol. The summed E-state index contributed by atoms with van der Waals surface area (Å²) in [6.45, 7) is 3.94. The lowest BCUT2D eigenvalue weighted by atomic mass is 10.1. The van der Waals surface area contributed by atoms with Crippen LogP contribution in [0.5, 0.6) is 0 Å². The van der Waals surface area contributed by atoms with Gasteiger partial charge in [0.05, 0.1) is 15.2 Å². The van der Waals surface area contributed by atoms with Gasteiger partial charge in [-0.15, -0.1) is 11.3 Å². The first-order chi connectivity index (χ1) is 10.0. The number of fused-ring (bicyclic) bond motifs is 1. The number of thiazole rings is 1. The highest BCUT2D eigenvalue weighted by molar-refractivity contribution is 9.10. The molecule has 3 aromatic rings. The number of anilines is 1. The maximum absolute atomic E-state index is 12.3. The van der Waals surface area contributed by atoms with Crippen LogP contribution in [0.4, 0.5) is 5.69 Å². The van der Waals surface area contributed by atoms with Crippen molar-refractivity contribution < 1.29 is 4.79 Å². The quantitative estimate of drug-likeness (QED) is 0.703. The van der Waals surface area contributed by atoms with E-state index >= 15 is 0 Å². The highest BCUT2D eigenvalue weighted by atomic mass is 79.9. The fourth-order valence-electron chi connectivity index (χ4n) is 2.11. The second kappa shape index (κ2) is 5.58. The molecule has 0 saturated carbocycles. The second-order valence-corrected chi connectivity index (χ2v) is 6.92. The van der Waals surface area contributed by atoms with Gasteiger partial charge >= 0.3 is 0 Å². The van der Waals surface area contributed by atoms with E-state index < -0.39 is 0 Å². The van der Waals surface area contributed by atoms with Crippen LogP contribution in [-0.4, -0.2) is 10.9 Å². The molecule has 0 bridgehead atoms. The van der Waals surface area contributed by atoms with Crippen LogP contribution in [-0.2, 0) is 0 Å². The van der Waals surface area contributed by atoms with Gasteiger partial charge in [0, 0.05) is 15.7 Å². The molecule has 1 amide bonds. The zero-order valence-corrected chi connectivity index (χ0v) is 14.0. The van der Waals surface area contributed by atoms with Gasteiger partial charge in [0.25, 0.3) is 5.91 Å². The molecule has 0 radical (unpaired) electrons. The summed E-state index contributed by atoms with van der Waals surface area (Å²) in [6.07, 6.45) is 0. The summed E-state index contributed by atoms with van der Waals surface area (Å²) in [5, 5.41) is 3.94. The summed E-state index contributed by atoms with van der Waals surface area (Å²) < 4.78 is 2.13. The van der Waals surface area contributed by atoms with Crippen molar-refractivity contribution in [1.82, 2.24) is 4.98 Å². The number of hydrogen-bond donors (Lipinski definition) is 1. The minimum absolute atomic E-state index is 0.114. The van der Waals surface area contributed by atoms with Crippen molar-refractivity contribution >= 4 is 49.1 Å². The van der Waals surface area contributed by atoms with Crippen molar-refractivity contribution in [3.8, 4) is 0 Å². The molecule has 3 rings (SSSR count). The van der Waals surface area contributed by atoms with Gasteiger partial charge in [-0.3, -0.25) is 4.79 Å². The van der Waals surface area contributed by atoms with Crippen LogP contribution in [0.25, 0.3) is 10.2 Å². The van der Waals surface area contributed by atoms with Gasteiger partial charge in [-0.25, -0.2) is 4.98 Å². The van der Waals surface area contributed by atoms with Gasteiger partial charge in [-0.2, -0.15) is 0 Å². The van der Waals surface area contributed by atoms with E-state index in [9.17, 15) is 4.79 Å². The first-order valence-electron chi connectivity index (χ1n) is 6.47. The van der Waals surface area contributed by atoms with Crippen molar-refractivity contribution in [3.05, 3.63) is 57.0 Å². The fourth-order valence-corrected chi connectivity index (χ4v) is 3.16. The first kappa shape index (κ1) is 14.2. The zero-order chi connectivity index (χ0) is 15.0. The Bertz CT molecular complexity index is 841. The Morgan fingerprint density at radius 3 is 2.76 bits per heavy atom. The van der Waals surface area contributed by atoms with Crippen LogP contribution in [0.2, 0.25) is 0 Å². The summed E-state index contributed by atoms with van der Waals surface area (Å²) in [5.41, 5.74) is 3.36. The Morgan fingerprint density at radius 1 is 1.19 bits per heavy atom. The molecule has 0 aliphatic heterocycles. The van der Waals surface area contributed by atoms with Crippen molar-refractivity contribution in [1.29, 1.82) is 0 Å². The van der Waals surface area contributed by atoms with E-state index in [1.165, 1.54) is 0 Å². The van der Waals surface area contributed by atoms with Gasteiger partial charge in [-0.05, 0) is 55.8 Å². The lowest BCUT2D eigenvalue weighted by Crippen LogP contribution is -2.11. The number of benzene rings is 2. The van der Waals surface area contributed by atoms with Crippen LogP contribution in [0.3, 0.4) is 0 Å². The molecule has 106 valence electrons. The molecule has 0 aliphatic carbocycles. The number of nitrogens with one attached hydrogen (secondary N) is 1. The van der Waals surface area contributed by atoms with E-state index in [1.807, 2.05) is 44.2 Å². The Kier molecular flexibility index (Phi) is 3.78. The molecule has 0 aliphatic rings. The fraction of sp³-hybridized carbons (Fsp3) is 0.125. The van der Waals surface area contributed by atoms with Crippen LogP contribution >= 0.6 is 27.3 Å². The molecule has 0 fully saturated rings. The number of halogens is 1. The lowest BCUT2D eigenvalue weighted by molar-refractivity contribution is 0.102. The number of hydrogen-bond acceptors (Lipinski definition) is 3. The molecule has 0 atom stereocenters. The molecule has 3 nitrogen and oxygen atoms in total. The first-order valence-corrected chi connectivity index (χ1v) is 8.08. The molecule has 0 spiro atoms. The van der Waals surface area contributed by atoms with Crippen LogP contribution in [0, 0.1) is 13.8 Å². The van der Waals surface area contributed by atoms with E-state index in [2.05, 4.69) is 26.2 Å². The molecule has 2 aromatic carbocycles. The topological polar surface area (TPSA) is 42.0 Å². The van der Waals surface area contributed by atoms with E-state index in [1.54, 1.807) is 17.4 Å². The summed E-state index contributed by atoms with van der Waals surface area (Å²) >= 11 is 5.09. The highest BCUT2D eigenvalue weighted by Gasteiger charge is 2.09. The molecule has 1 aromatic heterocycles. The standard InChI is InChI=1S/C16H13BrN2OS/c1-9-7-11(3-5-13(9)17)16(20)19-12-4-6-15-14(8-12)18-10(2)21-15/h3-8H,1-2H3,(H,19,20). The van der Waals surface area contributed by atoms with E-state index in [0.29, 0.717) is 5.56 Å². The molecule has 1 heterocycles. The van der Waals surface area contributed by atoms with E-state index in [-0.39, 0.29) is 5.91 Å². The monoisotopic (exact) mass is 360 g/mol. The molecule has 0 saturated heterocycles. The Balaban J connectivity index is 1.86. The zero-order valence-electron chi connectivity index (χ0n) is 11.6. The largest absolute Gasteiger partial charge is 0.322 e. The number of rotatable bonds is 2.